The van der Waals surface area contributed by atoms with Gasteiger partial charge < -0.3 is 5.73 Å². The Balaban J connectivity index is 2.52. The topological polar surface area (TPSA) is 43.1 Å². The number of Topliss-reactive ketones (excluding diaryl/α,β-unsaturated/α-hetero) is 1. The van der Waals surface area contributed by atoms with Gasteiger partial charge in [0.1, 0.15) is 5.78 Å². The third-order valence-corrected chi connectivity index (χ3v) is 2.30. The molecule has 0 aliphatic heterocycles. The lowest BCUT2D eigenvalue weighted by atomic mass is 10.1. The molecule has 0 spiro atoms. The minimum atomic E-state index is -0.422. The number of carbonyl (C=O) groups excluding carboxylic acids is 1. The van der Waals surface area contributed by atoms with Gasteiger partial charge in [-0.3, -0.25) is 4.79 Å². The molecule has 0 bridgehead atoms. The molecule has 2 N–H and O–H groups in total. The molecule has 2 nitrogen and oxygen atoms in total. The standard InChI is InChI=1S/C7H13NO/c1-3-6-4-7(6,8)5(2)9/h6H,3-4,8H2,1-2H3/t6?,7-/m1/s1. The van der Waals surface area contributed by atoms with Crippen molar-refractivity contribution in [3.63, 3.8) is 0 Å². The Morgan fingerprint density at radius 1 is 1.89 bits per heavy atom. The Kier molecular flexibility index (Phi) is 1.35. The number of ketones is 1. The van der Waals surface area contributed by atoms with Crippen molar-refractivity contribution in [1.82, 2.24) is 0 Å². The SMILES string of the molecule is CCC1C[C@@]1(N)C(C)=O. The van der Waals surface area contributed by atoms with E-state index in [4.69, 9.17) is 5.73 Å². The van der Waals surface area contributed by atoms with Crippen molar-refractivity contribution < 1.29 is 4.79 Å². The van der Waals surface area contributed by atoms with Crippen LogP contribution in [0.25, 0.3) is 0 Å². The summed E-state index contributed by atoms with van der Waals surface area (Å²) >= 11 is 0. The number of carbonyl (C=O) groups is 1. The average molecular weight is 127 g/mol. The second kappa shape index (κ2) is 1.81. The van der Waals surface area contributed by atoms with Gasteiger partial charge in [0.25, 0.3) is 0 Å². The van der Waals surface area contributed by atoms with Gasteiger partial charge in [0.15, 0.2) is 0 Å². The molecule has 0 saturated heterocycles. The van der Waals surface area contributed by atoms with Crippen molar-refractivity contribution in [2.75, 3.05) is 0 Å². The van der Waals surface area contributed by atoms with Gasteiger partial charge >= 0.3 is 0 Å². The van der Waals surface area contributed by atoms with E-state index < -0.39 is 5.54 Å². The van der Waals surface area contributed by atoms with E-state index in [2.05, 4.69) is 6.92 Å². The molecule has 1 rings (SSSR count). The molecule has 1 unspecified atom stereocenters. The van der Waals surface area contributed by atoms with Crippen LogP contribution in [0.4, 0.5) is 0 Å². The first kappa shape index (κ1) is 6.75. The van der Waals surface area contributed by atoms with E-state index in [1.165, 1.54) is 0 Å². The van der Waals surface area contributed by atoms with Crippen LogP contribution in [0.5, 0.6) is 0 Å². The predicted octanol–water partition coefficient (Wildman–Crippen LogP) is 0.703. The van der Waals surface area contributed by atoms with E-state index in [1.807, 2.05) is 0 Å². The molecule has 1 aliphatic carbocycles. The van der Waals surface area contributed by atoms with Crippen LogP contribution in [0.15, 0.2) is 0 Å². The number of hydrogen-bond acceptors (Lipinski definition) is 2. The first-order valence-electron chi connectivity index (χ1n) is 3.41. The van der Waals surface area contributed by atoms with Crippen LogP contribution < -0.4 is 5.73 Å². The largest absolute Gasteiger partial charge is 0.319 e. The van der Waals surface area contributed by atoms with Crippen molar-refractivity contribution in [3.05, 3.63) is 0 Å². The van der Waals surface area contributed by atoms with E-state index in [-0.39, 0.29) is 5.78 Å². The van der Waals surface area contributed by atoms with E-state index >= 15 is 0 Å². The molecule has 1 fully saturated rings. The van der Waals surface area contributed by atoms with Crippen molar-refractivity contribution in [2.24, 2.45) is 11.7 Å². The third kappa shape index (κ3) is 0.874. The molecule has 0 amide bonds. The molecule has 1 saturated carbocycles. The van der Waals surface area contributed by atoms with Gasteiger partial charge in [0.2, 0.25) is 0 Å². The highest BCUT2D eigenvalue weighted by atomic mass is 16.1. The Hall–Kier alpha value is -0.370. The zero-order valence-electron chi connectivity index (χ0n) is 5.98. The molecule has 9 heavy (non-hydrogen) atoms. The first-order chi connectivity index (χ1) is 4.11. The summed E-state index contributed by atoms with van der Waals surface area (Å²) in [4.78, 5) is 10.8. The molecule has 52 valence electrons. The Morgan fingerprint density at radius 3 is 2.56 bits per heavy atom. The summed E-state index contributed by atoms with van der Waals surface area (Å²) in [5.74, 6) is 0.615. The average Bonchev–Trinajstić information content (AvgIpc) is 2.44. The van der Waals surface area contributed by atoms with Gasteiger partial charge in [0, 0.05) is 0 Å². The fraction of sp³-hybridized carbons (Fsp3) is 0.857. The minimum Gasteiger partial charge on any atom is -0.319 e. The molecule has 0 aromatic rings. The zero-order valence-corrected chi connectivity index (χ0v) is 5.98. The van der Waals surface area contributed by atoms with Gasteiger partial charge in [-0.05, 0) is 19.3 Å². The summed E-state index contributed by atoms with van der Waals surface area (Å²) < 4.78 is 0. The highest BCUT2D eigenvalue weighted by Crippen LogP contribution is 2.43. The summed E-state index contributed by atoms with van der Waals surface area (Å²) in [7, 11) is 0. The summed E-state index contributed by atoms with van der Waals surface area (Å²) in [5, 5.41) is 0. The fourth-order valence-electron chi connectivity index (χ4n) is 1.29. The Bertz CT molecular complexity index is 144. The van der Waals surface area contributed by atoms with Crippen molar-refractivity contribution >= 4 is 5.78 Å². The zero-order chi connectivity index (χ0) is 7.07. The molecule has 0 heterocycles. The maximum atomic E-state index is 10.8. The van der Waals surface area contributed by atoms with E-state index in [0.29, 0.717) is 5.92 Å². The maximum Gasteiger partial charge on any atom is 0.149 e. The molecular formula is C7H13NO. The van der Waals surface area contributed by atoms with Crippen molar-refractivity contribution in [3.8, 4) is 0 Å². The quantitative estimate of drug-likeness (QED) is 0.593. The van der Waals surface area contributed by atoms with Crippen LogP contribution in [0, 0.1) is 5.92 Å². The van der Waals surface area contributed by atoms with Gasteiger partial charge in [0.05, 0.1) is 5.54 Å². The summed E-state index contributed by atoms with van der Waals surface area (Å²) in [6.45, 7) is 3.65. The molecule has 2 heteroatoms. The van der Waals surface area contributed by atoms with Crippen LogP contribution >= 0.6 is 0 Å². The van der Waals surface area contributed by atoms with Crippen molar-refractivity contribution in [2.45, 2.75) is 32.2 Å². The van der Waals surface area contributed by atoms with Crippen LogP contribution in [0.3, 0.4) is 0 Å². The van der Waals surface area contributed by atoms with Crippen molar-refractivity contribution in [1.29, 1.82) is 0 Å². The molecule has 2 atom stereocenters. The molecule has 1 aliphatic rings. The van der Waals surface area contributed by atoms with E-state index in [0.717, 1.165) is 12.8 Å². The summed E-state index contributed by atoms with van der Waals surface area (Å²) in [6.07, 6.45) is 1.94. The predicted molar refractivity (Wildman–Crippen MR) is 36.0 cm³/mol. The van der Waals surface area contributed by atoms with Crippen LogP contribution in [0.2, 0.25) is 0 Å². The Labute approximate surface area is 55.4 Å². The van der Waals surface area contributed by atoms with Crippen LogP contribution in [-0.2, 0) is 4.79 Å². The minimum absolute atomic E-state index is 0.148. The maximum absolute atomic E-state index is 10.8. The lowest BCUT2D eigenvalue weighted by molar-refractivity contribution is -0.119. The van der Waals surface area contributed by atoms with Gasteiger partial charge in [-0.15, -0.1) is 0 Å². The van der Waals surface area contributed by atoms with Gasteiger partial charge in [-0.25, -0.2) is 0 Å². The smallest absolute Gasteiger partial charge is 0.149 e. The third-order valence-electron chi connectivity index (χ3n) is 2.30. The monoisotopic (exact) mass is 127 g/mol. The highest BCUT2D eigenvalue weighted by molar-refractivity contribution is 5.89. The van der Waals surface area contributed by atoms with E-state index in [9.17, 15) is 4.79 Å². The van der Waals surface area contributed by atoms with E-state index in [1.54, 1.807) is 6.92 Å². The van der Waals surface area contributed by atoms with Gasteiger partial charge in [-0.2, -0.15) is 0 Å². The van der Waals surface area contributed by atoms with Gasteiger partial charge in [-0.1, -0.05) is 13.3 Å². The fourth-order valence-corrected chi connectivity index (χ4v) is 1.29. The number of hydrogen-bond donors (Lipinski definition) is 1. The first-order valence-corrected chi connectivity index (χ1v) is 3.41. The second-order valence-electron chi connectivity index (χ2n) is 2.91. The summed E-state index contributed by atoms with van der Waals surface area (Å²) in [5.41, 5.74) is 5.27. The lowest BCUT2D eigenvalue weighted by Gasteiger charge is -2.03. The molecule has 0 aromatic carbocycles. The van der Waals surface area contributed by atoms with Crippen LogP contribution in [-0.4, -0.2) is 11.3 Å². The van der Waals surface area contributed by atoms with Crippen LogP contribution in [0.1, 0.15) is 26.7 Å². The second-order valence-corrected chi connectivity index (χ2v) is 2.91. The molecular weight excluding hydrogens is 114 g/mol. The lowest BCUT2D eigenvalue weighted by Crippen LogP contribution is -2.33. The molecule has 0 aromatic heterocycles. The highest BCUT2D eigenvalue weighted by Gasteiger charge is 2.53. The number of rotatable bonds is 2. The summed E-state index contributed by atoms with van der Waals surface area (Å²) in [6, 6.07) is 0. The Morgan fingerprint density at radius 2 is 2.44 bits per heavy atom. The molecule has 0 radical (unpaired) electrons. The number of nitrogens with two attached hydrogens (primary N) is 1. The normalized spacial score (nSPS) is 40.6.